The van der Waals surface area contributed by atoms with Gasteiger partial charge in [-0.05, 0) is 18.9 Å². The molecule has 5 amide bonds. The quantitative estimate of drug-likeness (QED) is 0.422. The summed E-state index contributed by atoms with van der Waals surface area (Å²) in [6, 6.07) is 4.78. The molecule has 0 spiro atoms. The fourth-order valence-corrected chi connectivity index (χ4v) is 1.75. The number of aliphatic hydroxyl groups is 1. The van der Waals surface area contributed by atoms with Gasteiger partial charge in [-0.3, -0.25) is 15.4 Å². The number of hydrogen-bond donors (Lipinski definition) is 5. The van der Waals surface area contributed by atoms with E-state index < -0.39 is 36.2 Å². The lowest BCUT2D eigenvalue weighted by atomic mass is 10.1. The SMILES string of the molecule is C[C@@H](O)C(N)C(=O)NC(=O)NC(=O)N[C@H](C=O)Cc1ccccc1. The molecule has 24 heavy (non-hydrogen) atoms. The maximum Gasteiger partial charge on any atom is 0.329 e. The molecule has 0 fully saturated rings. The number of carbonyl (C=O) groups is 4. The lowest BCUT2D eigenvalue weighted by Gasteiger charge is -2.15. The van der Waals surface area contributed by atoms with Crippen LogP contribution in [0.15, 0.2) is 30.3 Å². The van der Waals surface area contributed by atoms with Gasteiger partial charge < -0.3 is 21.0 Å². The van der Waals surface area contributed by atoms with Crippen molar-refractivity contribution in [2.45, 2.75) is 31.5 Å². The lowest BCUT2D eigenvalue weighted by molar-refractivity contribution is -0.123. The summed E-state index contributed by atoms with van der Waals surface area (Å²) in [5.74, 6) is -0.938. The molecule has 0 heterocycles. The van der Waals surface area contributed by atoms with E-state index in [2.05, 4.69) is 5.32 Å². The first-order valence-corrected chi connectivity index (χ1v) is 7.18. The third-order valence-electron chi connectivity index (χ3n) is 3.07. The van der Waals surface area contributed by atoms with E-state index >= 15 is 0 Å². The van der Waals surface area contributed by atoms with Gasteiger partial charge in [0, 0.05) is 0 Å². The third kappa shape index (κ3) is 6.55. The number of amides is 5. The fraction of sp³-hybridized carbons (Fsp3) is 0.333. The smallest absolute Gasteiger partial charge is 0.329 e. The molecule has 130 valence electrons. The van der Waals surface area contributed by atoms with E-state index in [0.29, 0.717) is 6.29 Å². The van der Waals surface area contributed by atoms with E-state index in [9.17, 15) is 19.2 Å². The number of urea groups is 2. The first kappa shape index (κ1) is 19.3. The number of rotatable bonds is 6. The molecule has 0 saturated carbocycles. The molecule has 1 aromatic carbocycles. The Hall–Kier alpha value is -2.78. The standard InChI is InChI=1S/C15H20N4O5/c1-9(21)12(16)13(22)18-15(24)19-14(23)17-11(8-20)7-10-5-3-2-4-6-10/h2-6,8-9,11-12,21H,7,16H2,1H3,(H3,17,18,19,22,23,24)/t9-,11+,12?/m1/s1. The number of nitrogens with one attached hydrogen (secondary N) is 3. The van der Waals surface area contributed by atoms with Crippen LogP contribution in [0.3, 0.4) is 0 Å². The van der Waals surface area contributed by atoms with Crippen LogP contribution in [0.4, 0.5) is 9.59 Å². The van der Waals surface area contributed by atoms with Crippen LogP contribution in [0.25, 0.3) is 0 Å². The number of aldehydes is 1. The molecule has 6 N–H and O–H groups in total. The molecular formula is C15H20N4O5. The van der Waals surface area contributed by atoms with Crippen molar-refractivity contribution < 1.29 is 24.3 Å². The second kappa shape index (κ2) is 9.38. The van der Waals surface area contributed by atoms with E-state index in [0.717, 1.165) is 5.56 Å². The maximum absolute atomic E-state index is 11.7. The molecule has 0 radical (unpaired) electrons. The van der Waals surface area contributed by atoms with Crippen LogP contribution >= 0.6 is 0 Å². The highest BCUT2D eigenvalue weighted by molar-refractivity contribution is 6.03. The summed E-state index contributed by atoms with van der Waals surface area (Å²) in [6.07, 6.45) is -0.360. The van der Waals surface area contributed by atoms with E-state index in [-0.39, 0.29) is 6.42 Å². The topological polar surface area (TPSA) is 151 Å². The molecule has 0 aliphatic carbocycles. The fourth-order valence-electron chi connectivity index (χ4n) is 1.75. The van der Waals surface area contributed by atoms with E-state index in [4.69, 9.17) is 10.8 Å². The molecule has 0 aliphatic rings. The van der Waals surface area contributed by atoms with Crippen molar-refractivity contribution in [3.63, 3.8) is 0 Å². The van der Waals surface area contributed by atoms with E-state index in [1.165, 1.54) is 6.92 Å². The van der Waals surface area contributed by atoms with Crippen molar-refractivity contribution in [3.05, 3.63) is 35.9 Å². The van der Waals surface area contributed by atoms with Crippen molar-refractivity contribution in [3.8, 4) is 0 Å². The molecule has 9 heteroatoms. The Morgan fingerprint density at radius 2 is 1.79 bits per heavy atom. The zero-order chi connectivity index (χ0) is 18.1. The second-order valence-electron chi connectivity index (χ2n) is 5.12. The molecule has 0 bridgehead atoms. The highest BCUT2D eigenvalue weighted by Crippen LogP contribution is 2.01. The van der Waals surface area contributed by atoms with Crippen LogP contribution in [-0.4, -0.2) is 47.5 Å². The minimum absolute atomic E-state index is 0.255. The normalized spacial score (nSPS) is 14.0. The van der Waals surface area contributed by atoms with E-state index in [1.807, 2.05) is 16.7 Å². The molecule has 0 aromatic heterocycles. The molecule has 3 atom stereocenters. The molecule has 9 nitrogen and oxygen atoms in total. The Balaban J connectivity index is 2.47. The summed E-state index contributed by atoms with van der Waals surface area (Å²) < 4.78 is 0. The summed E-state index contributed by atoms with van der Waals surface area (Å²) in [6.45, 7) is 1.28. The number of aliphatic hydroxyl groups excluding tert-OH is 1. The second-order valence-corrected chi connectivity index (χ2v) is 5.12. The number of nitrogens with two attached hydrogens (primary N) is 1. The summed E-state index contributed by atoms with van der Waals surface area (Å²) >= 11 is 0. The first-order chi connectivity index (χ1) is 11.3. The maximum atomic E-state index is 11.7. The number of benzene rings is 1. The van der Waals surface area contributed by atoms with Crippen molar-refractivity contribution in [2.75, 3.05) is 0 Å². The van der Waals surface area contributed by atoms with E-state index in [1.54, 1.807) is 24.3 Å². The number of imide groups is 2. The Morgan fingerprint density at radius 3 is 2.33 bits per heavy atom. The summed E-state index contributed by atoms with van der Waals surface area (Å²) in [5.41, 5.74) is 6.17. The van der Waals surface area contributed by atoms with Crippen LogP contribution < -0.4 is 21.7 Å². The lowest BCUT2D eigenvalue weighted by Crippen LogP contribution is -2.54. The Kier molecular flexibility index (Phi) is 7.53. The summed E-state index contributed by atoms with van der Waals surface area (Å²) in [5, 5.41) is 15.1. The Bertz CT molecular complexity index is 591. The molecule has 1 rings (SSSR count). The van der Waals surface area contributed by atoms with Crippen LogP contribution in [0, 0.1) is 0 Å². The van der Waals surface area contributed by atoms with Gasteiger partial charge in [0.2, 0.25) is 5.91 Å². The van der Waals surface area contributed by atoms with Gasteiger partial charge in [0.1, 0.15) is 12.3 Å². The van der Waals surface area contributed by atoms with Gasteiger partial charge in [0.25, 0.3) is 0 Å². The Labute approximate surface area is 138 Å². The van der Waals surface area contributed by atoms with Crippen LogP contribution in [0.2, 0.25) is 0 Å². The Morgan fingerprint density at radius 1 is 1.17 bits per heavy atom. The van der Waals surface area contributed by atoms with Gasteiger partial charge in [-0.15, -0.1) is 0 Å². The van der Waals surface area contributed by atoms with Gasteiger partial charge in [0.05, 0.1) is 12.1 Å². The molecule has 0 aliphatic heterocycles. The van der Waals surface area contributed by atoms with Crippen molar-refractivity contribution in [2.24, 2.45) is 5.73 Å². The van der Waals surface area contributed by atoms with Gasteiger partial charge >= 0.3 is 12.1 Å². The van der Waals surface area contributed by atoms with Crippen molar-refractivity contribution in [1.82, 2.24) is 16.0 Å². The predicted octanol–water partition coefficient (Wildman–Crippen LogP) is -0.960. The average molecular weight is 336 g/mol. The van der Waals surface area contributed by atoms with Crippen LogP contribution in [-0.2, 0) is 16.0 Å². The zero-order valence-corrected chi connectivity index (χ0v) is 13.1. The minimum Gasteiger partial charge on any atom is -0.391 e. The number of hydrogen-bond acceptors (Lipinski definition) is 6. The molecular weight excluding hydrogens is 316 g/mol. The van der Waals surface area contributed by atoms with Crippen LogP contribution in [0.5, 0.6) is 0 Å². The largest absolute Gasteiger partial charge is 0.391 e. The molecule has 1 unspecified atom stereocenters. The average Bonchev–Trinajstić information content (AvgIpc) is 2.53. The summed E-state index contributed by atoms with van der Waals surface area (Å²) in [7, 11) is 0. The van der Waals surface area contributed by atoms with Gasteiger partial charge in [-0.25, -0.2) is 9.59 Å². The molecule has 1 aromatic rings. The van der Waals surface area contributed by atoms with Gasteiger partial charge in [-0.2, -0.15) is 0 Å². The van der Waals surface area contributed by atoms with Crippen molar-refractivity contribution >= 4 is 24.3 Å². The van der Waals surface area contributed by atoms with Crippen molar-refractivity contribution in [1.29, 1.82) is 0 Å². The predicted molar refractivity (Wildman–Crippen MR) is 84.9 cm³/mol. The zero-order valence-electron chi connectivity index (χ0n) is 13.1. The van der Waals surface area contributed by atoms with Crippen LogP contribution in [0.1, 0.15) is 12.5 Å². The number of carbonyl (C=O) groups excluding carboxylic acids is 4. The monoisotopic (exact) mass is 336 g/mol. The highest BCUT2D eigenvalue weighted by Gasteiger charge is 2.22. The highest BCUT2D eigenvalue weighted by atomic mass is 16.3. The minimum atomic E-state index is -1.31. The van der Waals surface area contributed by atoms with Gasteiger partial charge in [-0.1, -0.05) is 30.3 Å². The summed E-state index contributed by atoms with van der Waals surface area (Å²) in [4.78, 5) is 45.6. The molecule has 0 saturated heterocycles. The first-order valence-electron chi connectivity index (χ1n) is 7.18. The third-order valence-corrected chi connectivity index (χ3v) is 3.07. The van der Waals surface area contributed by atoms with Gasteiger partial charge in [0.15, 0.2) is 0 Å².